The van der Waals surface area contributed by atoms with Crippen LogP contribution in [-0.2, 0) is 21.1 Å². The molecule has 0 aromatic heterocycles. The third-order valence-corrected chi connectivity index (χ3v) is 7.95. The number of fused-ring (bicyclic) bond motifs is 2. The Kier molecular flexibility index (Phi) is 4.76. The Morgan fingerprint density at radius 1 is 0.963 bits per heavy atom. The molecule has 0 N–H and O–H groups in total. The third kappa shape index (κ3) is 3.50. The molecule has 2 fully saturated rings. The molecule has 2 atom stereocenters. The van der Waals surface area contributed by atoms with Crippen molar-refractivity contribution in [2.24, 2.45) is 0 Å². The highest BCUT2D eigenvalue weighted by atomic mass is 32.2. The van der Waals surface area contributed by atoms with Crippen molar-refractivity contribution < 1.29 is 17.6 Å². The lowest BCUT2D eigenvalue weighted by Crippen LogP contribution is -2.50. The van der Waals surface area contributed by atoms with Gasteiger partial charge in [-0.15, -0.1) is 0 Å². The van der Waals surface area contributed by atoms with E-state index in [1.165, 1.54) is 12.1 Å². The summed E-state index contributed by atoms with van der Waals surface area (Å²) in [5.74, 6) is -0.317. The van der Waals surface area contributed by atoms with E-state index in [1.807, 2.05) is 4.90 Å². The number of nitrogens with zero attached hydrogens (tertiary/aromatic N) is 1. The molecule has 2 bridgehead atoms. The normalized spacial score (nSPS) is 24.8. The van der Waals surface area contributed by atoms with Gasteiger partial charge in [-0.3, -0.25) is 4.79 Å². The summed E-state index contributed by atoms with van der Waals surface area (Å²) in [5, 5.41) is -0.438. The minimum Gasteiger partial charge on any atom is -0.336 e. The van der Waals surface area contributed by atoms with E-state index in [2.05, 4.69) is 0 Å². The van der Waals surface area contributed by atoms with Gasteiger partial charge >= 0.3 is 0 Å². The Bertz CT molecular complexity index is 914. The summed E-state index contributed by atoms with van der Waals surface area (Å²) in [6, 6.07) is 14.5. The number of benzene rings is 2. The second kappa shape index (κ2) is 7.08. The van der Waals surface area contributed by atoms with E-state index in [9.17, 15) is 17.6 Å². The Hall–Kier alpha value is -2.21. The van der Waals surface area contributed by atoms with Crippen molar-refractivity contribution in [2.75, 3.05) is 0 Å². The van der Waals surface area contributed by atoms with Crippen LogP contribution in [0.2, 0.25) is 0 Å². The zero-order valence-corrected chi connectivity index (χ0v) is 15.7. The molecule has 2 aliphatic rings. The number of piperidine rings is 1. The van der Waals surface area contributed by atoms with Gasteiger partial charge in [0.15, 0.2) is 9.84 Å². The van der Waals surface area contributed by atoms with Gasteiger partial charge in [-0.25, -0.2) is 12.8 Å². The van der Waals surface area contributed by atoms with Crippen molar-refractivity contribution in [3.05, 3.63) is 66.0 Å². The van der Waals surface area contributed by atoms with Gasteiger partial charge in [0.25, 0.3) is 0 Å². The van der Waals surface area contributed by atoms with Crippen molar-refractivity contribution in [3.8, 4) is 0 Å². The van der Waals surface area contributed by atoms with Crippen LogP contribution in [0.4, 0.5) is 4.39 Å². The Balaban J connectivity index is 1.49. The van der Waals surface area contributed by atoms with Gasteiger partial charge in [-0.05, 0) is 55.5 Å². The summed E-state index contributed by atoms with van der Waals surface area (Å²) in [5.41, 5.74) is 0.778. The quantitative estimate of drug-likeness (QED) is 0.808. The Morgan fingerprint density at radius 3 is 2.15 bits per heavy atom. The number of halogens is 1. The highest BCUT2D eigenvalue weighted by molar-refractivity contribution is 7.92. The second-order valence-corrected chi connectivity index (χ2v) is 9.67. The van der Waals surface area contributed by atoms with E-state index in [0.29, 0.717) is 17.7 Å². The molecule has 2 saturated heterocycles. The predicted octanol–water partition coefficient (Wildman–Crippen LogP) is 3.36. The molecule has 1 amide bonds. The fourth-order valence-electron chi connectivity index (χ4n) is 4.46. The third-order valence-electron chi connectivity index (χ3n) is 5.76. The summed E-state index contributed by atoms with van der Waals surface area (Å²) in [4.78, 5) is 15.1. The van der Waals surface area contributed by atoms with Crippen LogP contribution < -0.4 is 0 Å². The molecule has 0 aliphatic carbocycles. The van der Waals surface area contributed by atoms with Crippen LogP contribution in [0.1, 0.15) is 31.2 Å². The SMILES string of the molecule is O=C(Cc1ccc(F)cc1)N1C2CCC1CC(S(=O)(=O)c1ccccc1)C2. The number of hydrogen-bond donors (Lipinski definition) is 0. The highest BCUT2D eigenvalue weighted by Crippen LogP contribution is 2.40. The first kappa shape index (κ1) is 18.2. The molecule has 0 spiro atoms. The first-order valence-electron chi connectivity index (χ1n) is 9.29. The molecule has 2 unspecified atom stereocenters. The minimum absolute atomic E-state index is 0.00432. The van der Waals surface area contributed by atoms with Crippen LogP contribution in [-0.4, -0.2) is 36.6 Å². The summed E-state index contributed by atoms with van der Waals surface area (Å²) >= 11 is 0. The molecule has 4 nitrogen and oxygen atoms in total. The number of sulfone groups is 1. The largest absolute Gasteiger partial charge is 0.336 e. The molecular weight excluding hydrogens is 365 g/mol. The zero-order chi connectivity index (χ0) is 19.0. The van der Waals surface area contributed by atoms with E-state index in [1.54, 1.807) is 42.5 Å². The summed E-state index contributed by atoms with van der Waals surface area (Å²) in [6.07, 6.45) is 2.90. The minimum atomic E-state index is -3.38. The van der Waals surface area contributed by atoms with Gasteiger partial charge in [-0.1, -0.05) is 30.3 Å². The maximum absolute atomic E-state index is 13.1. The maximum Gasteiger partial charge on any atom is 0.227 e. The molecular formula is C21H22FNO3S. The van der Waals surface area contributed by atoms with E-state index >= 15 is 0 Å². The lowest BCUT2D eigenvalue weighted by Gasteiger charge is -2.38. The van der Waals surface area contributed by atoms with Gasteiger partial charge in [0.05, 0.1) is 16.6 Å². The Labute approximate surface area is 158 Å². The molecule has 6 heteroatoms. The smallest absolute Gasteiger partial charge is 0.227 e. The van der Waals surface area contributed by atoms with Crippen LogP contribution in [0.15, 0.2) is 59.5 Å². The fourth-order valence-corrected chi connectivity index (χ4v) is 6.33. The van der Waals surface area contributed by atoms with E-state index in [4.69, 9.17) is 0 Å². The molecule has 27 heavy (non-hydrogen) atoms. The molecule has 2 heterocycles. The van der Waals surface area contributed by atoms with Gasteiger partial charge in [0.1, 0.15) is 5.82 Å². The molecule has 4 rings (SSSR count). The fraction of sp³-hybridized carbons (Fsp3) is 0.381. The van der Waals surface area contributed by atoms with Crippen molar-refractivity contribution in [1.82, 2.24) is 4.90 Å². The lowest BCUT2D eigenvalue weighted by atomic mass is 10.0. The predicted molar refractivity (Wildman–Crippen MR) is 100 cm³/mol. The highest BCUT2D eigenvalue weighted by Gasteiger charge is 2.46. The first-order chi connectivity index (χ1) is 12.9. The van der Waals surface area contributed by atoms with Crippen molar-refractivity contribution in [2.45, 2.75) is 54.3 Å². The van der Waals surface area contributed by atoms with Crippen LogP contribution >= 0.6 is 0 Å². The van der Waals surface area contributed by atoms with Gasteiger partial charge in [0, 0.05) is 12.1 Å². The van der Waals surface area contributed by atoms with E-state index in [0.717, 1.165) is 18.4 Å². The van der Waals surface area contributed by atoms with Crippen molar-refractivity contribution >= 4 is 15.7 Å². The Morgan fingerprint density at radius 2 is 1.56 bits per heavy atom. The van der Waals surface area contributed by atoms with Crippen molar-refractivity contribution in [1.29, 1.82) is 0 Å². The zero-order valence-electron chi connectivity index (χ0n) is 14.9. The molecule has 0 radical (unpaired) electrons. The summed E-state index contributed by atoms with van der Waals surface area (Å²) in [6.45, 7) is 0. The number of carbonyl (C=O) groups excluding carboxylic acids is 1. The molecule has 2 aromatic carbocycles. The summed E-state index contributed by atoms with van der Waals surface area (Å²) < 4.78 is 39.0. The topological polar surface area (TPSA) is 54.5 Å². The van der Waals surface area contributed by atoms with Crippen LogP contribution in [0.25, 0.3) is 0 Å². The summed E-state index contributed by atoms with van der Waals surface area (Å²) in [7, 11) is -3.38. The van der Waals surface area contributed by atoms with Gasteiger partial charge in [0.2, 0.25) is 5.91 Å². The molecule has 0 saturated carbocycles. The van der Waals surface area contributed by atoms with E-state index < -0.39 is 15.1 Å². The second-order valence-electron chi connectivity index (χ2n) is 7.44. The first-order valence-corrected chi connectivity index (χ1v) is 10.8. The monoisotopic (exact) mass is 387 g/mol. The number of carbonyl (C=O) groups is 1. The van der Waals surface area contributed by atoms with Crippen LogP contribution in [0.3, 0.4) is 0 Å². The van der Waals surface area contributed by atoms with Gasteiger partial charge < -0.3 is 4.90 Å². The lowest BCUT2D eigenvalue weighted by molar-refractivity contribution is -0.134. The molecule has 142 valence electrons. The van der Waals surface area contributed by atoms with Crippen LogP contribution in [0.5, 0.6) is 0 Å². The molecule has 2 aromatic rings. The van der Waals surface area contributed by atoms with Crippen molar-refractivity contribution in [3.63, 3.8) is 0 Å². The number of hydrogen-bond acceptors (Lipinski definition) is 3. The van der Waals surface area contributed by atoms with Gasteiger partial charge in [-0.2, -0.15) is 0 Å². The maximum atomic E-state index is 13.1. The number of amides is 1. The standard InChI is InChI=1S/C21H22FNO3S/c22-16-8-6-15(7-9-16)12-21(24)23-17-10-11-18(23)14-20(13-17)27(25,26)19-4-2-1-3-5-19/h1-9,17-18,20H,10-14H2. The number of rotatable bonds is 4. The van der Waals surface area contributed by atoms with E-state index in [-0.39, 0.29) is 30.2 Å². The average molecular weight is 387 g/mol. The van der Waals surface area contributed by atoms with Crippen LogP contribution in [0, 0.1) is 5.82 Å². The average Bonchev–Trinajstić information content (AvgIpc) is 2.94. The molecule has 2 aliphatic heterocycles.